The average Bonchev–Trinajstić information content (AvgIpc) is 3.31. The number of hydrogen-bond donors (Lipinski definition) is 1. The van der Waals surface area contributed by atoms with Crippen LogP contribution in [0.2, 0.25) is 0 Å². The van der Waals surface area contributed by atoms with E-state index in [0.717, 1.165) is 44.2 Å². The first-order chi connectivity index (χ1) is 14.8. The van der Waals surface area contributed by atoms with E-state index >= 15 is 0 Å². The number of nitrogens with one attached hydrogen (secondary N) is 1. The van der Waals surface area contributed by atoms with Gasteiger partial charge in [-0.25, -0.2) is 4.68 Å². The van der Waals surface area contributed by atoms with Crippen molar-refractivity contribution in [3.63, 3.8) is 0 Å². The molecule has 0 unspecified atom stereocenters. The van der Waals surface area contributed by atoms with E-state index in [1.165, 1.54) is 11.0 Å². The van der Waals surface area contributed by atoms with E-state index in [0.29, 0.717) is 12.3 Å². The summed E-state index contributed by atoms with van der Waals surface area (Å²) >= 11 is 0. The molecule has 0 bridgehead atoms. The fourth-order valence-corrected chi connectivity index (χ4v) is 3.31. The third kappa shape index (κ3) is 5.19. The minimum atomic E-state index is -0.661. The molecule has 0 aliphatic carbocycles. The van der Waals surface area contributed by atoms with Gasteiger partial charge in [0, 0.05) is 25.3 Å². The maximum absolute atomic E-state index is 13.0. The normalized spacial score (nSPS) is 15.5. The molecule has 9 heteroatoms. The molecule has 4 rings (SSSR count). The second-order valence-electron chi connectivity index (χ2n) is 6.92. The zero-order valence-corrected chi connectivity index (χ0v) is 16.6. The van der Waals surface area contributed by atoms with Gasteiger partial charge in [-0.05, 0) is 40.3 Å². The highest BCUT2D eigenvalue weighted by Crippen LogP contribution is 2.21. The summed E-state index contributed by atoms with van der Waals surface area (Å²) in [6.07, 6.45) is 1.43. The van der Waals surface area contributed by atoms with Gasteiger partial charge < -0.3 is 14.8 Å². The minimum absolute atomic E-state index is 0.227. The van der Waals surface area contributed by atoms with Crippen LogP contribution >= 0.6 is 0 Å². The van der Waals surface area contributed by atoms with Crippen molar-refractivity contribution < 1.29 is 14.3 Å². The molecule has 1 aliphatic rings. The first-order valence-electron chi connectivity index (χ1n) is 9.91. The number of morpholine rings is 1. The Bertz CT molecular complexity index is 912. The van der Waals surface area contributed by atoms with Crippen molar-refractivity contribution in [1.82, 2.24) is 25.1 Å². The SMILES string of the molecule is O=C(Nc1ccc(OCCN2CCOCC2)cc1)[C@@H](c1ccccc1)n1cnnn1. The van der Waals surface area contributed by atoms with Crippen molar-refractivity contribution in [1.29, 1.82) is 0 Å². The third-order valence-corrected chi connectivity index (χ3v) is 4.89. The van der Waals surface area contributed by atoms with Gasteiger partial charge >= 0.3 is 0 Å². The number of carbonyl (C=O) groups is 1. The topological polar surface area (TPSA) is 94.4 Å². The Kier molecular flexibility index (Phi) is 6.63. The van der Waals surface area contributed by atoms with Crippen LogP contribution in [0.15, 0.2) is 60.9 Å². The van der Waals surface area contributed by atoms with Crippen LogP contribution in [0, 0.1) is 0 Å². The van der Waals surface area contributed by atoms with Crippen LogP contribution in [0.25, 0.3) is 0 Å². The van der Waals surface area contributed by atoms with Crippen LogP contribution < -0.4 is 10.1 Å². The van der Waals surface area contributed by atoms with Crippen molar-refractivity contribution in [3.05, 3.63) is 66.5 Å². The summed E-state index contributed by atoms with van der Waals surface area (Å²) in [4.78, 5) is 15.3. The monoisotopic (exact) mass is 408 g/mol. The summed E-state index contributed by atoms with van der Waals surface area (Å²) in [5, 5.41) is 14.2. The van der Waals surface area contributed by atoms with Crippen LogP contribution in [0.4, 0.5) is 5.69 Å². The predicted octanol–water partition coefficient (Wildman–Crippen LogP) is 1.61. The van der Waals surface area contributed by atoms with Crippen LogP contribution in [0.5, 0.6) is 5.75 Å². The first kappa shape index (κ1) is 20.0. The lowest BCUT2D eigenvalue weighted by atomic mass is 10.1. The number of aromatic nitrogens is 4. The van der Waals surface area contributed by atoms with Crippen LogP contribution in [-0.2, 0) is 9.53 Å². The first-order valence-corrected chi connectivity index (χ1v) is 9.91. The maximum atomic E-state index is 13.0. The third-order valence-electron chi connectivity index (χ3n) is 4.89. The number of amides is 1. The number of carbonyl (C=O) groups excluding carboxylic acids is 1. The van der Waals surface area contributed by atoms with Gasteiger partial charge in [0.15, 0.2) is 6.04 Å². The van der Waals surface area contributed by atoms with E-state index in [9.17, 15) is 4.79 Å². The van der Waals surface area contributed by atoms with Crippen LogP contribution in [0.1, 0.15) is 11.6 Å². The summed E-state index contributed by atoms with van der Waals surface area (Å²) < 4.78 is 12.6. The zero-order valence-electron chi connectivity index (χ0n) is 16.6. The van der Waals surface area contributed by atoms with E-state index in [2.05, 4.69) is 25.7 Å². The zero-order chi connectivity index (χ0) is 20.6. The Morgan fingerprint density at radius 2 is 1.87 bits per heavy atom. The average molecular weight is 408 g/mol. The van der Waals surface area contributed by atoms with Crippen molar-refractivity contribution in [3.8, 4) is 5.75 Å². The molecule has 2 heterocycles. The van der Waals surface area contributed by atoms with E-state index in [1.807, 2.05) is 54.6 Å². The molecule has 0 radical (unpaired) electrons. The van der Waals surface area contributed by atoms with Gasteiger partial charge in [0.25, 0.3) is 5.91 Å². The van der Waals surface area contributed by atoms with Gasteiger partial charge in [-0.2, -0.15) is 0 Å². The predicted molar refractivity (Wildman–Crippen MR) is 110 cm³/mol. The summed E-state index contributed by atoms with van der Waals surface area (Å²) in [6, 6.07) is 16.1. The van der Waals surface area contributed by atoms with Crippen molar-refractivity contribution in [2.24, 2.45) is 0 Å². The molecule has 30 heavy (non-hydrogen) atoms. The highest BCUT2D eigenvalue weighted by atomic mass is 16.5. The molecule has 1 fully saturated rings. The highest BCUT2D eigenvalue weighted by Gasteiger charge is 2.24. The Labute approximate surface area is 174 Å². The van der Waals surface area contributed by atoms with E-state index < -0.39 is 6.04 Å². The Hall–Kier alpha value is -3.30. The maximum Gasteiger partial charge on any atom is 0.253 e. The summed E-state index contributed by atoms with van der Waals surface area (Å²) in [5.74, 6) is 0.538. The second-order valence-corrected chi connectivity index (χ2v) is 6.92. The molecule has 0 saturated carbocycles. The number of hydrogen-bond acceptors (Lipinski definition) is 7. The van der Waals surface area contributed by atoms with E-state index in [-0.39, 0.29) is 5.91 Å². The molecular weight excluding hydrogens is 384 g/mol. The molecule has 1 amide bonds. The highest BCUT2D eigenvalue weighted by molar-refractivity contribution is 5.95. The Morgan fingerprint density at radius 3 is 2.57 bits per heavy atom. The number of nitrogens with zero attached hydrogens (tertiary/aromatic N) is 5. The number of rotatable bonds is 8. The molecule has 156 valence electrons. The summed E-state index contributed by atoms with van der Waals surface area (Å²) in [5.41, 5.74) is 1.47. The Balaban J connectivity index is 1.35. The van der Waals surface area contributed by atoms with Crippen molar-refractivity contribution in [2.75, 3.05) is 44.8 Å². The Morgan fingerprint density at radius 1 is 1.10 bits per heavy atom. The molecule has 1 atom stereocenters. The van der Waals surface area contributed by atoms with Gasteiger partial charge in [0.05, 0.1) is 13.2 Å². The van der Waals surface area contributed by atoms with Gasteiger partial charge in [0.2, 0.25) is 0 Å². The largest absolute Gasteiger partial charge is 0.492 e. The number of ether oxygens (including phenoxy) is 2. The minimum Gasteiger partial charge on any atom is -0.492 e. The smallest absolute Gasteiger partial charge is 0.253 e. The van der Waals surface area contributed by atoms with Gasteiger partial charge in [-0.3, -0.25) is 9.69 Å². The standard InChI is InChI=1S/C21H24N6O3/c28-21(20(27-16-22-24-25-27)17-4-2-1-3-5-17)23-18-6-8-19(9-7-18)30-15-12-26-10-13-29-14-11-26/h1-9,16,20H,10-15H2,(H,23,28)/t20-/m1/s1. The molecule has 9 nitrogen and oxygen atoms in total. The molecule has 0 spiro atoms. The number of tetrazole rings is 1. The van der Waals surface area contributed by atoms with Gasteiger partial charge in [0.1, 0.15) is 18.7 Å². The molecular formula is C21H24N6O3. The molecule has 1 N–H and O–H groups in total. The summed E-state index contributed by atoms with van der Waals surface area (Å²) in [6.45, 7) is 4.93. The van der Waals surface area contributed by atoms with E-state index in [4.69, 9.17) is 9.47 Å². The number of benzene rings is 2. The van der Waals surface area contributed by atoms with E-state index in [1.54, 1.807) is 0 Å². The van der Waals surface area contributed by atoms with Crippen molar-refractivity contribution >= 4 is 11.6 Å². The van der Waals surface area contributed by atoms with Crippen LogP contribution in [0.3, 0.4) is 0 Å². The van der Waals surface area contributed by atoms with Crippen LogP contribution in [-0.4, -0.2) is 70.5 Å². The quantitative estimate of drug-likeness (QED) is 0.605. The summed E-state index contributed by atoms with van der Waals surface area (Å²) in [7, 11) is 0. The molecule has 1 aromatic heterocycles. The molecule has 1 aliphatic heterocycles. The lowest BCUT2D eigenvalue weighted by Crippen LogP contribution is -2.38. The number of anilines is 1. The van der Waals surface area contributed by atoms with Gasteiger partial charge in [-0.1, -0.05) is 30.3 Å². The van der Waals surface area contributed by atoms with Crippen molar-refractivity contribution in [2.45, 2.75) is 6.04 Å². The second kappa shape index (κ2) is 9.95. The fraction of sp³-hybridized carbons (Fsp3) is 0.333. The lowest BCUT2D eigenvalue weighted by molar-refractivity contribution is -0.118. The lowest BCUT2D eigenvalue weighted by Gasteiger charge is -2.26. The fourth-order valence-electron chi connectivity index (χ4n) is 3.31. The van der Waals surface area contributed by atoms with Gasteiger partial charge in [-0.15, -0.1) is 5.10 Å². The molecule has 2 aromatic carbocycles. The molecule has 1 saturated heterocycles. The molecule has 3 aromatic rings.